The molecule has 0 unspecified atom stereocenters. The highest BCUT2D eigenvalue weighted by Gasteiger charge is 2.53. The topological polar surface area (TPSA) is 27.7 Å². The molecular formula is C16H19F3O3. The van der Waals surface area contributed by atoms with E-state index in [0.717, 1.165) is 37.8 Å². The molecular weight excluding hydrogens is 297 g/mol. The molecule has 0 saturated carbocycles. The van der Waals surface area contributed by atoms with Gasteiger partial charge in [-0.1, -0.05) is 26.2 Å². The third-order valence-electron chi connectivity index (χ3n) is 4.35. The summed E-state index contributed by atoms with van der Waals surface area (Å²) in [7, 11) is 0. The summed E-state index contributed by atoms with van der Waals surface area (Å²) in [6, 6.07) is 1.71. The van der Waals surface area contributed by atoms with Gasteiger partial charge in [0.1, 0.15) is 0 Å². The molecule has 1 aromatic carbocycles. The lowest BCUT2D eigenvalue weighted by Gasteiger charge is -2.52. The fourth-order valence-electron chi connectivity index (χ4n) is 2.94. The fraction of sp³-hybridized carbons (Fsp3) is 0.625. The Balaban J connectivity index is 1.76. The van der Waals surface area contributed by atoms with Gasteiger partial charge in [0.2, 0.25) is 0 Å². The molecule has 2 bridgehead atoms. The Morgan fingerprint density at radius 3 is 2.00 bits per heavy atom. The second kappa shape index (κ2) is 5.83. The van der Waals surface area contributed by atoms with E-state index in [-0.39, 0.29) is 11.0 Å². The number of halogens is 3. The fourth-order valence-corrected chi connectivity index (χ4v) is 2.94. The summed E-state index contributed by atoms with van der Waals surface area (Å²) in [5, 5.41) is 0. The number of hydrogen-bond acceptors (Lipinski definition) is 3. The number of unbranched alkanes of at least 4 members (excludes halogenated alkanes) is 2. The SMILES string of the molecule is CCCCCC12COC(c3cc(F)c(F)c(F)c3)(OC1)OC2. The van der Waals surface area contributed by atoms with Gasteiger partial charge in [-0.15, -0.1) is 0 Å². The maximum atomic E-state index is 13.4. The molecule has 4 rings (SSSR count). The first-order valence-electron chi connectivity index (χ1n) is 7.57. The minimum absolute atomic E-state index is 0.00533. The first-order valence-corrected chi connectivity index (χ1v) is 7.57. The van der Waals surface area contributed by atoms with Gasteiger partial charge >= 0.3 is 5.97 Å². The van der Waals surface area contributed by atoms with E-state index in [9.17, 15) is 13.2 Å². The predicted molar refractivity (Wildman–Crippen MR) is 72.4 cm³/mol. The van der Waals surface area contributed by atoms with Crippen LogP contribution < -0.4 is 0 Å². The second-order valence-corrected chi connectivity index (χ2v) is 6.13. The van der Waals surface area contributed by atoms with E-state index in [1.807, 2.05) is 0 Å². The minimum atomic E-state index is -1.62. The normalized spacial score (nSPS) is 30.7. The van der Waals surface area contributed by atoms with Gasteiger partial charge in [-0.3, -0.25) is 0 Å². The van der Waals surface area contributed by atoms with Crippen LogP contribution in [0.1, 0.15) is 38.2 Å². The standard InChI is InChI=1S/C16H19F3O3/c1-2-3-4-5-15-8-20-16(21-9-15,22-10-15)11-6-12(17)14(19)13(18)7-11/h6-7H,2-5,8-10H2,1H3. The molecule has 1 aromatic rings. The molecule has 6 heteroatoms. The van der Waals surface area contributed by atoms with Crippen molar-refractivity contribution in [1.82, 2.24) is 0 Å². The quantitative estimate of drug-likeness (QED) is 0.610. The van der Waals surface area contributed by atoms with Gasteiger partial charge in [-0.2, -0.15) is 0 Å². The monoisotopic (exact) mass is 316 g/mol. The Morgan fingerprint density at radius 1 is 0.955 bits per heavy atom. The molecule has 0 atom stereocenters. The smallest absolute Gasteiger partial charge is 0.312 e. The van der Waals surface area contributed by atoms with Gasteiger partial charge in [-0.25, -0.2) is 13.2 Å². The van der Waals surface area contributed by atoms with Crippen LogP contribution in [0.4, 0.5) is 13.2 Å². The lowest BCUT2D eigenvalue weighted by Crippen LogP contribution is -2.58. The van der Waals surface area contributed by atoms with Crippen molar-refractivity contribution in [3.63, 3.8) is 0 Å². The van der Waals surface area contributed by atoms with Gasteiger partial charge in [0.25, 0.3) is 0 Å². The van der Waals surface area contributed by atoms with Crippen molar-refractivity contribution >= 4 is 0 Å². The maximum absolute atomic E-state index is 13.4. The van der Waals surface area contributed by atoms with E-state index in [1.165, 1.54) is 0 Å². The number of ether oxygens (including phenoxy) is 3. The van der Waals surface area contributed by atoms with Crippen LogP contribution >= 0.6 is 0 Å². The molecule has 3 aliphatic rings. The Bertz CT molecular complexity index is 514. The van der Waals surface area contributed by atoms with Crippen LogP contribution in [-0.4, -0.2) is 19.8 Å². The van der Waals surface area contributed by atoms with Crippen molar-refractivity contribution in [2.75, 3.05) is 19.8 Å². The molecule has 0 N–H and O–H groups in total. The van der Waals surface area contributed by atoms with E-state index in [0.29, 0.717) is 19.8 Å². The number of hydrogen-bond donors (Lipinski definition) is 0. The maximum Gasteiger partial charge on any atom is 0.312 e. The zero-order chi connectivity index (χ0) is 15.8. The van der Waals surface area contributed by atoms with E-state index in [2.05, 4.69) is 6.92 Å². The van der Waals surface area contributed by atoms with Crippen LogP contribution in [0, 0.1) is 22.9 Å². The zero-order valence-corrected chi connectivity index (χ0v) is 12.5. The van der Waals surface area contributed by atoms with Gasteiger partial charge in [-0.05, 0) is 18.6 Å². The van der Waals surface area contributed by atoms with E-state index in [4.69, 9.17) is 14.2 Å². The van der Waals surface area contributed by atoms with Gasteiger partial charge in [0.05, 0.1) is 19.8 Å². The highest BCUT2D eigenvalue weighted by Crippen LogP contribution is 2.46. The average Bonchev–Trinajstić information content (AvgIpc) is 2.54. The Labute approximate surface area is 127 Å². The van der Waals surface area contributed by atoms with Crippen LogP contribution in [-0.2, 0) is 20.2 Å². The lowest BCUT2D eigenvalue weighted by atomic mass is 9.83. The van der Waals surface area contributed by atoms with Crippen LogP contribution in [0.25, 0.3) is 0 Å². The summed E-state index contributed by atoms with van der Waals surface area (Å²) in [4.78, 5) is 0. The molecule has 122 valence electrons. The number of benzene rings is 1. The highest BCUT2D eigenvalue weighted by molar-refractivity contribution is 5.23. The average molecular weight is 316 g/mol. The Morgan fingerprint density at radius 2 is 1.50 bits per heavy atom. The third kappa shape index (κ3) is 2.64. The van der Waals surface area contributed by atoms with Gasteiger partial charge in [0.15, 0.2) is 17.5 Å². The summed E-state index contributed by atoms with van der Waals surface area (Å²) in [5.74, 6) is -5.71. The second-order valence-electron chi connectivity index (χ2n) is 6.13. The summed E-state index contributed by atoms with van der Waals surface area (Å²) in [6.07, 6.45) is 4.22. The van der Waals surface area contributed by atoms with Gasteiger partial charge < -0.3 is 14.2 Å². The first kappa shape index (κ1) is 15.8. The zero-order valence-electron chi connectivity index (χ0n) is 12.5. The Hall–Kier alpha value is -1.11. The molecule has 0 radical (unpaired) electrons. The van der Waals surface area contributed by atoms with E-state index < -0.39 is 23.4 Å². The molecule has 22 heavy (non-hydrogen) atoms. The summed E-state index contributed by atoms with van der Waals surface area (Å²) >= 11 is 0. The number of rotatable bonds is 5. The van der Waals surface area contributed by atoms with Crippen LogP contribution in [0.3, 0.4) is 0 Å². The van der Waals surface area contributed by atoms with Gasteiger partial charge in [0, 0.05) is 11.0 Å². The van der Waals surface area contributed by atoms with Crippen molar-refractivity contribution in [2.24, 2.45) is 5.41 Å². The van der Waals surface area contributed by atoms with Crippen LogP contribution in [0.5, 0.6) is 0 Å². The summed E-state index contributed by atoms with van der Waals surface area (Å²) in [5.41, 5.74) is -0.195. The van der Waals surface area contributed by atoms with Crippen molar-refractivity contribution in [1.29, 1.82) is 0 Å². The van der Waals surface area contributed by atoms with Crippen molar-refractivity contribution in [3.05, 3.63) is 35.1 Å². The molecule has 3 saturated heterocycles. The molecule has 3 fully saturated rings. The molecule has 3 heterocycles. The molecule has 0 amide bonds. The number of fused-ring (bicyclic) bond motifs is 3. The van der Waals surface area contributed by atoms with Crippen molar-refractivity contribution in [2.45, 2.75) is 38.6 Å². The van der Waals surface area contributed by atoms with Crippen LogP contribution in [0.15, 0.2) is 12.1 Å². The lowest BCUT2D eigenvalue weighted by molar-refractivity contribution is -0.480. The van der Waals surface area contributed by atoms with Crippen molar-refractivity contribution in [3.8, 4) is 0 Å². The summed E-state index contributed by atoms with van der Waals surface area (Å²) < 4.78 is 56.8. The van der Waals surface area contributed by atoms with E-state index in [1.54, 1.807) is 0 Å². The first-order chi connectivity index (χ1) is 10.5. The molecule has 3 aliphatic heterocycles. The Kier molecular flexibility index (Phi) is 4.18. The third-order valence-corrected chi connectivity index (χ3v) is 4.35. The van der Waals surface area contributed by atoms with Crippen molar-refractivity contribution < 1.29 is 27.4 Å². The summed E-state index contributed by atoms with van der Waals surface area (Å²) in [6.45, 7) is 3.33. The predicted octanol–water partition coefficient (Wildman–Crippen LogP) is 3.86. The van der Waals surface area contributed by atoms with E-state index >= 15 is 0 Å². The largest absolute Gasteiger partial charge is 0.323 e. The minimum Gasteiger partial charge on any atom is -0.323 e. The molecule has 0 spiro atoms. The van der Waals surface area contributed by atoms with Crippen LogP contribution in [0.2, 0.25) is 0 Å². The highest BCUT2D eigenvalue weighted by atomic mass is 19.2. The molecule has 0 aromatic heterocycles. The molecule has 0 aliphatic carbocycles. The molecule has 3 nitrogen and oxygen atoms in total.